The summed E-state index contributed by atoms with van der Waals surface area (Å²) in [6.07, 6.45) is 4.36. The molecule has 0 unspecified atom stereocenters. The van der Waals surface area contributed by atoms with Gasteiger partial charge in [0.1, 0.15) is 16.5 Å². The van der Waals surface area contributed by atoms with E-state index in [1.54, 1.807) is 60.0 Å². The van der Waals surface area contributed by atoms with Gasteiger partial charge in [-0.1, -0.05) is 38.4 Å². The summed E-state index contributed by atoms with van der Waals surface area (Å²) >= 11 is 7.58. The van der Waals surface area contributed by atoms with Gasteiger partial charge in [0.25, 0.3) is 11.6 Å². The first-order chi connectivity index (χ1) is 19.0. The maximum absolute atomic E-state index is 13.6. The first-order valence-corrected chi connectivity index (χ1v) is 14.3. The number of aryl methyl sites for hydroxylation is 1. The molecule has 1 aliphatic rings. The van der Waals surface area contributed by atoms with Crippen LogP contribution < -0.4 is 5.32 Å². The topological polar surface area (TPSA) is 97.7 Å². The molecule has 2 aromatic carbocycles. The number of rotatable bonds is 6. The van der Waals surface area contributed by atoms with Gasteiger partial charge in [0, 0.05) is 33.3 Å². The molecule has 0 radical (unpaired) electrons. The minimum Gasteiger partial charge on any atom is -0.455 e. The van der Waals surface area contributed by atoms with Crippen molar-refractivity contribution in [3.63, 3.8) is 0 Å². The Labute approximate surface area is 242 Å². The highest BCUT2D eigenvalue weighted by Gasteiger charge is 2.33. The van der Waals surface area contributed by atoms with Gasteiger partial charge in [0.05, 0.1) is 16.7 Å². The number of non-ortho nitro benzene ring substituents is 1. The third-order valence-corrected chi connectivity index (χ3v) is 8.85. The number of nitrogens with one attached hydrogen (secondary N) is 1. The van der Waals surface area contributed by atoms with Crippen LogP contribution in [0, 0.1) is 28.4 Å². The van der Waals surface area contributed by atoms with E-state index in [1.807, 2.05) is 6.92 Å². The van der Waals surface area contributed by atoms with Gasteiger partial charge < -0.3 is 9.73 Å². The Hall–Kier alpha value is -3.75. The molecule has 206 valence electrons. The van der Waals surface area contributed by atoms with Crippen LogP contribution in [0.15, 0.2) is 64.0 Å². The lowest BCUT2D eigenvalue weighted by Gasteiger charge is -2.33. The van der Waals surface area contributed by atoms with Gasteiger partial charge in [-0.3, -0.25) is 14.9 Å². The summed E-state index contributed by atoms with van der Waals surface area (Å²) in [6.45, 7) is 8.67. The quantitative estimate of drug-likeness (QED) is 0.141. The molecule has 1 amide bonds. The number of carbonyl (C=O) groups excluding carboxylic acids is 1. The minimum atomic E-state index is -0.423. The lowest BCUT2D eigenvalue weighted by atomic mass is 9.72. The van der Waals surface area contributed by atoms with Crippen LogP contribution in [0.1, 0.15) is 59.3 Å². The van der Waals surface area contributed by atoms with Crippen LogP contribution in [-0.2, 0) is 12.8 Å². The van der Waals surface area contributed by atoms with E-state index >= 15 is 0 Å². The summed E-state index contributed by atoms with van der Waals surface area (Å²) in [5, 5.41) is 15.5. The molecule has 1 atom stereocenters. The summed E-state index contributed by atoms with van der Waals surface area (Å²) in [5.41, 5.74) is 4.01. The van der Waals surface area contributed by atoms with Crippen molar-refractivity contribution in [2.45, 2.75) is 47.0 Å². The first kappa shape index (κ1) is 27.8. The summed E-state index contributed by atoms with van der Waals surface area (Å²) < 4.78 is 6.00. The third kappa shape index (κ3) is 5.88. The molecule has 4 aromatic rings. The van der Waals surface area contributed by atoms with Crippen LogP contribution in [0.25, 0.3) is 11.3 Å². The van der Waals surface area contributed by atoms with E-state index in [0.717, 1.165) is 30.4 Å². The molecular weight excluding hydrogens is 546 g/mol. The zero-order valence-electron chi connectivity index (χ0n) is 22.8. The maximum atomic E-state index is 13.6. The van der Waals surface area contributed by atoms with E-state index in [4.69, 9.17) is 21.0 Å². The van der Waals surface area contributed by atoms with Crippen LogP contribution in [0.3, 0.4) is 0 Å². The molecule has 0 bridgehead atoms. The zero-order valence-corrected chi connectivity index (χ0v) is 24.4. The second-order valence-electron chi connectivity index (χ2n) is 11.2. The molecule has 0 spiro atoms. The number of nitrogens with zero attached hydrogens (tertiary/aromatic N) is 2. The summed E-state index contributed by atoms with van der Waals surface area (Å²) in [7, 11) is 0. The number of amides is 1. The van der Waals surface area contributed by atoms with Crippen LogP contribution in [0.5, 0.6) is 0 Å². The average molecular weight is 576 g/mol. The predicted molar refractivity (Wildman–Crippen MR) is 161 cm³/mol. The molecule has 40 heavy (non-hydrogen) atoms. The van der Waals surface area contributed by atoms with Crippen molar-refractivity contribution in [1.82, 2.24) is 0 Å². The molecule has 1 N–H and O–H groups in total. The molecule has 2 heterocycles. The molecule has 9 heteroatoms. The number of nitro groups is 1. The second-order valence-corrected chi connectivity index (χ2v) is 12.7. The van der Waals surface area contributed by atoms with Crippen molar-refractivity contribution in [3.8, 4) is 11.3 Å². The molecule has 5 rings (SSSR count). The Bertz CT molecular complexity index is 1610. The molecule has 1 aliphatic carbocycles. The van der Waals surface area contributed by atoms with E-state index < -0.39 is 4.92 Å². The Morgan fingerprint density at radius 1 is 1.18 bits per heavy atom. The number of fused-ring (bicyclic) bond motifs is 1. The van der Waals surface area contributed by atoms with Gasteiger partial charge in [0.15, 0.2) is 0 Å². The molecular formula is C31H30ClN3O4S. The molecule has 0 saturated heterocycles. The summed E-state index contributed by atoms with van der Waals surface area (Å²) in [5.74, 6) is 1.33. The van der Waals surface area contributed by atoms with Gasteiger partial charge in [-0.2, -0.15) is 0 Å². The lowest BCUT2D eigenvalue weighted by Crippen LogP contribution is -2.27. The fourth-order valence-electron chi connectivity index (χ4n) is 5.04. The highest BCUT2D eigenvalue weighted by Crippen LogP contribution is 2.45. The van der Waals surface area contributed by atoms with E-state index in [2.05, 4.69) is 26.1 Å². The fourth-order valence-corrected chi connectivity index (χ4v) is 6.44. The maximum Gasteiger partial charge on any atom is 0.270 e. The molecule has 7 nitrogen and oxygen atoms in total. The number of furan rings is 1. The SMILES string of the molecule is Cc1ccc([N+](=O)[O-])cc1-c1ccc(C=Nc2sc3c(c2C(=O)Nc2ccc(Cl)cc2)CC[C@H](C(C)(C)C)C3)o1. The molecule has 0 saturated carbocycles. The number of benzene rings is 2. The summed E-state index contributed by atoms with van der Waals surface area (Å²) in [6, 6.07) is 15.3. The second kappa shape index (κ2) is 11.0. The fraction of sp³-hybridized carbons (Fsp3) is 0.290. The van der Waals surface area contributed by atoms with Crippen molar-refractivity contribution in [2.24, 2.45) is 16.3 Å². The van der Waals surface area contributed by atoms with Crippen molar-refractivity contribution >= 4 is 51.4 Å². The van der Waals surface area contributed by atoms with Gasteiger partial charge in [-0.25, -0.2) is 4.99 Å². The van der Waals surface area contributed by atoms with E-state index in [9.17, 15) is 14.9 Å². The number of hydrogen-bond acceptors (Lipinski definition) is 6. The normalized spacial score (nSPS) is 15.3. The van der Waals surface area contributed by atoms with E-state index in [1.165, 1.54) is 17.0 Å². The average Bonchev–Trinajstić information content (AvgIpc) is 3.52. The largest absolute Gasteiger partial charge is 0.455 e. The molecule has 2 aromatic heterocycles. The lowest BCUT2D eigenvalue weighted by molar-refractivity contribution is -0.384. The minimum absolute atomic E-state index is 0.00119. The van der Waals surface area contributed by atoms with Crippen LogP contribution in [-0.4, -0.2) is 17.0 Å². The summed E-state index contributed by atoms with van der Waals surface area (Å²) in [4.78, 5) is 30.3. The Morgan fingerprint density at radius 3 is 2.62 bits per heavy atom. The Balaban J connectivity index is 1.47. The van der Waals surface area contributed by atoms with Gasteiger partial charge in [0.2, 0.25) is 0 Å². The molecule has 0 aliphatic heterocycles. The van der Waals surface area contributed by atoms with Crippen LogP contribution in [0.4, 0.5) is 16.4 Å². The smallest absolute Gasteiger partial charge is 0.270 e. The number of carbonyl (C=O) groups is 1. The van der Waals surface area contributed by atoms with Gasteiger partial charge in [-0.05, 0) is 85.0 Å². The van der Waals surface area contributed by atoms with Crippen molar-refractivity contribution in [1.29, 1.82) is 0 Å². The van der Waals surface area contributed by atoms with Crippen molar-refractivity contribution in [3.05, 3.63) is 97.1 Å². The van der Waals surface area contributed by atoms with Gasteiger partial charge >= 0.3 is 0 Å². The molecule has 0 fully saturated rings. The Morgan fingerprint density at radius 2 is 1.93 bits per heavy atom. The standard InChI is InChI=1S/C31H30ClN3O4S/c1-18-5-11-22(35(37)38)16-25(18)26-14-12-23(39-26)17-33-30-28(29(36)34-21-9-7-20(32)8-10-21)24-13-6-19(31(2,3)4)15-27(24)40-30/h5,7-12,14,16-17,19H,6,13,15H2,1-4H3,(H,34,36)/t19-/m0/s1. The van der Waals surface area contributed by atoms with E-state index in [-0.39, 0.29) is 17.0 Å². The third-order valence-electron chi connectivity index (χ3n) is 7.43. The Kier molecular flexibility index (Phi) is 7.66. The van der Waals surface area contributed by atoms with Gasteiger partial charge in [-0.15, -0.1) is 11.3 Å². The number of nitro benzene ring substituents is 1. The number of thiophene rings is 1. The number of anilines is 1. The number of halogens is 1. The van der Waals surface area contributed by atoms with Crippen LogP contribution in [0.2, 0.25) is 5.02 Å². The highest BCUT2D eigenvalue weighted by molar-refractivity contribution is 7.16. The predicted octanol–water partition coefficient (Wildman–Crippen LogP) is 9.03. The van der Waals surface area contributed by atoms with Crippen molar-refractivity contribution < 1.29 is 14.1 Å². The van der Waals surface area contributed by atoms with E-state index in [0.29, 0.717) is 44.3 Å². The number of hydrogen-bond donors (Lipinski definition) is 1. The monoisotopic (exact) mass is 575 g/mol. The van der Waals surface area contributed by atoms with Crippen LogP contribution >= 0.6 is 22.9 Å². The highest BCUT2D eigenvalue weighted by atomic mass is 35.5. The first-order valence-electron chi connectivity index (χ1n) is 13.1. The number of aliphatic imine (C=N–C) groups is 1. The zero-order chi connectivity index (χ0) is 28.6. The van der Waals surface area contributed by atoms with Crippen molar-refractivity contribution in [2.75, 3.05) is 5.32 Å².